The van der Waals surface area contributed by atoms with Crippen LogP contribution < -0.4 is 10.2 Å². The Kier molecular flexibility index (Phi) is 7.47. The third-order valence-corrected chi connectivity index (χ3v) is 7.07. The van der Waals surface area contributed by atoms with Crippen LogP contribution in [0.25, 0.3) is 16.4 Å². The maximum Gasteiger partial charge on any atom is 0.234 e. The van der Waals surface area contributed by atoms with Gasteiger partial charge in [0, 0.05) is 30.2 Å². The van der Waals surface area contributed by atoms with Gasteiger partial charge in [-0.25, -0.2) is 0 Å². The molecule has 1 amide bonds. The number of benzene rings is 2. The maximum atomic E-state index is 12.6. The number of amides is 1. The van der Waals surface area contributed by atoms with Gasteiger partial charge in [0.15, 0.2) is 11.0 Å². The molecule has 0 atom stereocenters. The molecule has 0 aliphatic heterocycles. The SMILES string of the molecule is CCN(CC)c1ccc(NC(=O)CSc2nnc(-c3cccs3)n2-c2ccc(C)cc2)cc1. The Morgan fingerprint density at radius 2 is 1.76 bits per heavy atom. The predicted octanol–water partition coefficient (Wildman–Crippen LogP) is 5.88. The summed E-state index contributed by atoms with van der Waals surface area (Å²) in [6.45, 7) is 8.23. The van der Waals surface area contributed by atoms with Crippen molar-refractivity contribution in [3.8, 4) is 16.4 Å². The molecule has 8 heteroatoms. The molecule has 0 saturated heterocycles. The molecule has 0 unspecified atom stereocenters. The molecule has 1 N–H and O–H groups in total. The van der Waals surface area contributed by atoms with Crippen molar-refractivity contribution in [1.29, 1.82) is 0 Å². The lowest BCUT2D eigenvalue weighted by Gasteiger charge is -2.21. The topological polar surface area (TPSA) is 63.1 Å². The largest absolute Gasteiger partial charge is 0.372 e. The molecule has 0 spiro atoms. The van der Waals surface area contributed by atoms with Crippen LogP contribution in [-0.2, 0) is 4.79 Å². The summed E-state index contributed by atoms with van der Waals surface area (Å²) in [7, 11) is 0. The van der Waals surface area contributed by atoms with Crippen molar-refractivity contribution in [2.45, 2.75) is 25.9 Å². The number of hydrogen-bond donors (Lipinski definition) is 1. The lowest BCUT2D eigenvalue weighted by molar-refractivity contribution is -0.113. The molecule has 0 aliphatic rings. The van der Waals surface area contributed by atoms with Crippen molar-refractivity contribution in [1.82, 2.24) is 14.8 Å². The second kappa shape index (κ2) is 10.7. The molecular formula is C25H27N5OS2. The van der Waals surface area contributed by atoms with E-state index in [0.29, 0.717) is 5.16 Å². The predicted molar refractivity (Wildman–Crippen MR) is 139 cm³/mol. The number of thioether (sulfide) groups is 1. The van der Waals surface area contributed by atoms with Gasteiger partial charge in [-0.3, -0.25) is 9.36 Å². The van der Waals surface area contributed by atoms with Crippen molar-refractivity contribution in [2.75, 3.05) is 29.1 Å². The summed E-state index contributed by atoms with van der Waals surface area (Å²) >= 11 is 3.00. The molecule has 4 aromatic rings. The minimum absolute atomic E-state index is 0.0771. The number of aromatic nitrogens is 3. The summed E-state index contributed by atoms with van der Waals surface area (Å²) in [4.78, 5) is 16.0. The van der Waals surface area contributed by atoms with Crippen LogP contribution in [0.3, 0.4) is 0 Å². The average Bonchev–Trinajstić information content (AvgIpc) is 3.50. The number of carbonyl (C=O) groups is 1. The van der Waals surface area contributed by atoms with E-state index in [0.717, 1.165) is 40.9 Å². The van der Waals surface area contributed by atoms with Crippen molar-refractivity contribution < 1.29 is 4.79 Å². The van der Waals surface area contributed by atoms with E-state index >= 15 is 0 Å². The van der Waals surface area contributed by atoms with Gasteiger partial charge < -0.3 is 10.2 Å². The molecule has 170 valence electrons. The second-order valence-corrected chi connectivity index (χ2v) is 9.40. The Labute approximate surface area is 202 Å². The fourth-order valence-corrected chi connectivity index (χ4v) is 4.98. The number of nitrogens with one attached hydrogen (secondary N) is 1. The third-order valence-electron chi connectivity index (χ3n) is 5.28. The molecule has 0 saturated carbocycles. The van der Waals surface area contributed by atoms with Crippen LogP contribution in [0.1, 0.15) is 19.4 Å². The Morgan fingerprint density at radius 1 is 1.03 bits per heavy atom. The smallest absolute Gasteiger partial charge is 0.234 e. The summed E-state index contributed by atoms with van der Waals surface area (Å²) in [5.74, 6) is 0.946. The average molecular weight is 478 g/mol. The zero-order valence-corrected chi connectivity index (χ0v) is 20.6. The van der Waals surface area contributed by atoms with Crippen molar-refractivity contribution in [3.63, 3.8) is 0 Å². The third kappa shape index (κ3) is 5.46. The molecule has 0 fully saturated rings. The maximum absolute atomic E-state index is 12.6. The summed E-state index contributed by atoms with van der Waals surface area (Å²) in [5, 5.41) is 14.5. The monoisotopic (exact) mass is 477 g/mol. The van der Waals surface area contributed by atoms with Gasteiger partial charge in [-0.1, -0.05) is 35.5 Å². The molecule has 2 aromatic heterocycles. The van der Waals surface area contributed by atoms with Crippen LogP contribution >= 0.6 is 23.1 Å². The first-order valence-corrected chi connectivity index (χ1v) is 12.8. The van der Waals surface area contributed by atoms with Crippen molar-refractivity contribution in [3.05, 3.63) is 71.6 Å². The molecule has 0 radical (unpaired) electrons. The highest BCUT2D eigenvalue weighted by Crippen LogP contribution is 2.30. The first-order chi connectivity index (χ1) is 16.1. The number of aryl methyl sites for hydroxylation is 1. The summed E-state index contributed by atoms with van der Waals surface area (Å²) in [6, 6.07) is 20.2. The summed E-state index contributed by atoms with van der Waals surface area (Å²) in [5.41, 5.74) is 4.10. The molecule has 2 aromatic carbocycles. The normalized spacial score (nSPS) is 10.9. The van der Waals surface area contributed by atoms with Crippen LogP contribution in [0.4, 0.5) is 11.4 Å². The second-order valence-electron chi connectivity index (χ2n) is 7.51. The van der Waals surface area contributed by atoms with Gasteiger partial charge in [0.05, 0.1) is 10.6 Å². The van der Waals surface area contributed by atoms with E-state index in [4.69, 9.17) is 0 Å². The van der Waals surface area contributed by atoms with Gasteiger partial charge in [-0.05, 0) is 68.6 Å². The Balaban J connectivity index is 1.48. The first kappa shape index (κ1) is 23.1. The van der Waals surface area contributed by atoms with Gasteiger partial charge in [-0.2, -0.15) is 0 Å². The molecule has 2 heterocycles. The number of anilines is 2. The lowest BCUT2D eigenvalue weighted by atomic mass is 10.2. The number of rotatable bonds is 9. The Hall–Kier alpha value is -3.10. The molecule has 6 nitrogen and oxygen atoms in total. The fraction of sp³-hybridized carbons (Fsp3) is 0.240. The Bertz CT molecular complexity index is 1180. The molecular weight excluding hydrogens is 450 g/mol. The highest BCUT2D eigenvalue weighted by Gasteiger charge is 2.18. The zero-order valence-electron chi connectivity index (χ0n) is 19.0. The van der Waals surface area contributed by atoms with Gasteiger partial charge in [-0.15, -0.1) is 21.5 Å². The minimum atomic E-state index is -0.0771. The number of carbonyl (C=O) groups excluding carboxylic acids is 1. The van der Waals surface area contributed by atoms with Gasteiger partial charge in [0.25, 0.3) is 0 Å². The van der Waals surface area contributed by atoms with Gasteiger partial charge in [0.2, 0.25) is 5.91 Å². The summed E-state index contributed by atoms with van der Waals surface area (Å²) < 4.78 is 2.02. The quantitative estimate of drug-likeness (QED) is 0.305. The van der Waals surface area contributed by atoms with E-state index in [1.807, 2.05) is 46.3 Å². The van der Waals surface area contributed by atoms with Crippen LogP contribution in [0.15, 0.2) is 71.2 Å². The van der Waals surface area contributed by atoms with Gasteiger partial charge in [0.1, 0.15) is 0 Å². The number of hydrogen-bond acceptors (Lipinski definition) is 6. The van der Waals surface area contributed by atoms with Crippen LogP contribution in [0.5, 0.6) is 0 Å². The highest BCUT2D eigenvalue weighted by molar-refractivity contribution is 7.99. The first-order valence-electron chi connectivity index (χ1n) is 10.9. The van der Waals surface area contributed by atoms with E-state index in [1.54, 1.807) is 11.3 Å². The van der Waals surface area contributed by atoms with Gasteiger partial charge >= 0.3 is 0 Å². The highest BCUT2D eigenvalue weighted by atomic mass is 32.2. The fourth-order valence-electron chi connectivity index (χ4n) is 3.53. The van der Waals surface area contributed by atoms with E-state index in [2.05, 4.69) is 65.5 Å². The zero-order chi connectivity index (χ0) is 23.2. The molecule has 0 aliphatic carbocycles. The molecule has 4 rings (SSSR count). The van der Waals surface area contributed by atoms with Crippen molar-refractivity contribution >= 4 is 40.4 Å². The van der Waals surface area contributed by atoms with E-state index in [-0.39, 0.29) is 11.7 Å². The number of thiophene rings is 1. The van der Waals surface area contributed by atoms with E-state index < -0.39 is 0 Å². The molecule has 33 heavy (non-hydrogen) atoms. The van der Waals surface area contributed by atoms with E-state index in [1.165, 1.54) is 17.3 Å². The standard InChI is InChI=1S/C25H27N5OS2/c1-4-29(5-2)20-14-10-19(11-15-20)26-23(31)17-33-25-28-27-24(22-7-6-16-32-22)30(25)21-12-8-18(3)9-13-21/h6-16H,4-5,17H2,1-3H3,(H,26,31). The van der Waals surface area contributed by atoms with Crippen molar-refractivity contribution in [2.24, 2.45) is 0 Å². The summed E-state index contributed by atoms with van der Waals surface area (Å²) in [6.07, 6.45) is 0. The van der Waals surface area contributed by atoms with Crippen LogP contribution in [-0.4, -0.2) is 39.5 Å². The molecule has 0 bridgehead atoms. The Morgan fingerprint density at radius 3 is 2.39 bits per heavy atom. The van der Waals surface area contributed by atoms with E-state index in [9.17, 15) is 4.79 Å². The van der Waals surface area contributed by atoms with Crippen LogP contribution in [0.2, 0.25) is 0 Å². The van der Waals surface area contributed by atoms with Crippen LogP contribution in [0, 0.1) is 6.92 Å². The lowest BCUT2D eigenvalue weighted by Crippen LogP contribution is -2.21. The number of nitrogens with zero attached hydrogens (tertiary/aromatic N) is 4. The minimum Gasteiger partial charge on any atom is -0.372 e.